The van der Waals surface area contributed by atoms with E-state index in [1.165, 1.54) is 42.5 Å². The summed E-state index contributed by atoms with van der Waals surface area (Å²) >= 11 is 3.87. The second kappa shape index (κ2) is 25.6. The number of hydrogen-bond donors (Lipinski definition) is 2. The Labute approximate surface area is 333 Å². The first kappa shape index (κ1) is 51.7. The number of benzene rings is 3. The summed E-state index contributed by atoms with van der Waals surface area (Å²) in [6.45, 7) is 4.69. The fourth-order valence-electron chi connectivity index (χ4n) is 3.27. The molecule has 0 fully saturated rings. The van der Waals surface area contributed by atoms with E-state index < -0.39 is 30.5 Å². The van der Waals surface area contributed by atoms with Gasteiger partial charge in [0.15, 0.2) is 34.5 Å². The maximum atomic E-state index is 12.1. The van der Waals surface area contributed by atoms with Gasteiger partial charge in [-0.3, -0.25) is 9.59 Å². The SMILES string of the molecule is CC(C)Oc1cc(C(=O)O)ccc1OC(F)F.CC(C)Oc1cc(C=O)ccc1O.CC(C)Oc1cc(C=O)ccc1OC(F)F.O=C([O-])C(F)(F)Cl.[Na+]. The molecule has 3 aromatic rings. The zero-order valence-electron chi connectivity index (χ0n) is 29.9. The van der Waals surface area contributed by atoms with Gasteiger partial charge in [-0.1, -0.05) is 0 Å². The van der Waals surface area contributed by atoms with Gasteiger partial charge < -0.3 is 43.8 Å². The number of phenolic OH excluding ortho intramolecular Hbond substituents is 1. The summed E-state index contributed by atoms with van der Waals surface area (Å²) in [5.41, 5.74) is 0.785. The van der Waals surface area contributed by atoms with E-state index in [1.54, 1.807) is 27.7 Å². The van der Waals surface area contributed by atoms with E-state index in [1.807, 2.05) is 13.8 Å². The molecule has 2 N–H and O–H groups in total. The van der Waals surface area contributed by atoms with E-state index in [2.05, 4.69) is 21.1 Å². The third-order valence-corrected chi connectivity index (χ3v) is 5.32. The van der Waals surface area contributed by atoms with Gasteiger partial charge in [-0.15, -0.1) is 0 Å². The second-order valence-corrected chi connectivity index (χ2v) is 11.2. The molecule has 0 heterocycles. The van der Waals surface area contributed by atoms with Crippen LogP contribution in [0.25, 0.3) is 0 Å². The van der Waals surface area contributed by atoms with Crippen LogP contribution in [-0.2, 0) is 4.79 Å². The minimum Gasteiger partial charge on any atom is -0.543 e. The van der Waals surface area contributed by atoms with Crippen molar-refractivity contribution in [3.8, 4) is 34.5 Å². The molecule has 0 aliphatic carbocycles. The second-order valence-electron chi connectivity index (χ2n) is 10.7. The number of phenols is 1. The average molecular weight is 809 g/mol. The summed E-state index contributed by atoms with van der Waals surface area (Å²) in [4.78, 5) is 40.7. The van der Waals surface area contributed by atoms with Crippen molar-refractivity contribution in [3.63, 3.8) is 0 Å². The molecule has 0 aliphatic rings. The van der Waals surface area contributed by atoms with E-state index in [9.17, 15) is 45.8 Å². The molecule has 294 valence electrons. The van der Waals surface area contributed by atoms with E-state index in [4.69, 9.17) is 29.2 Å². The Morgan fingerprint density at radius 1 is 0.667 bits per heavy atom. The molecular formula is C34H36ClF6NaO12. The number of aldehydes is 2. The number of aromatic hydroxyl groups is 1. The smallest absolute Gasteiger partial charge is 0.543 e. The van der Waals surface area contributed by atoms with Gasteiger partial charge in [0.05, 0.1) is 23.9 Å². The van der Waals surface area contributed by atoms with Gasteiger partial charge in [0.2, 0.25) is 0 Å². The molecule has 0 aromatic heterocycles. The van der Waals surface area contributed by atoms with Crippen molar-refractivity contribution in [1.29, 1.82) is 0 Å². The molecule has 0 amide bonds. The van der Waals surface area contributed by atoms with Crippen molar-refractivity contribution in [1.82, 2.24) is 0 Å². The number of hydrogen-bond acceptors (Lipinski definition) is 11. The maximum Gasteiger partial charge on any atom is 1.00 e. The van der Waals surface area contributed by atoms with Crippen molar-refractivity contribution in [2.45, 2.75) is 78.5 Å². The van der Waals surface area contributed by atoms with Gasteiger partial charge in [0, 0.05) is 11.1 Å². The number of carbonyl (C=O) groups is 4. The zero-order valence-corrected chi connectivity index (χ0v) is 32.6. The maximum absolute atomic E-state index is 12.1. The Morgan fingerprint density at radius 3 is 1.37 bits per heavy atom. The summed E-state index contributed by atoms with van der Waals surface area (Å²) in [6.07, 6.45) is 0.834. The van der Waals surface area contributed by atoms with Crippen LogP contribution in [0.2, 0.25) is 0 Å². The first-order valence-electron chi connectivity index (χ1n) is 14.9. The summed E-state index contributed by atoms with van der Waals surface area (Å²) < 4.78 is 94.5. The van der Waals surface area contributed by atoms with Gasteiger partial charge in [-0.2, -0.15) is 26.3 Å². The molecule has 0 atom stereocenters. The van der Waals surface area contributed by atoms with Gasteiger partial charge in [0.25, 0.3) is 0 Å². The quantitative estimate of drug-likeness (QED) is 0.103. The zero-order chi connectivity index (χ0) is 41.1. The van der Waals surface area contributed by atoms with Gasteiger partial charge >= 0.3 is 54.1 Å². The summed E-state index contributed by atoms with van der Waals surface area (Å²) in [5.74, 6) is -3.47. The van der Waals surface area contributed by atoms with Crippen LogP contribution < -0.4 is 58.3 Å². The molecular weight excluding hydrogens is 773 g/mol. The van der Waals surface area contributed by atoms with Crippen LogP contribution >= 0.6 is 11.6 Å². The molecule has 0 aliphatic heterocycles. The minimum atomic E-state index is -4.22. The number of ether oxygens (including phenoxy) is 5. The normalized spacial score (nSPS) is 10.4. The third kappa shape index (κ3) is 22.0. The standard InChI is InChI=1S/C11H12F2O4.C11H12F2O3.C10H12O3.C2HClF2O2.Na/c1-6(2)16-9-5-7(10(14)15)3-4-8(9)17-11(12)13;1-7(2)15-10-5-8(6-14)3-4-9(10)16-11(12)13;1-7(2)13-10-5-8(6-11)3-4-9(10)12;3-2(4,5)1(6)7;/h3-6,11H,1-2H3,(H,14,15);3-7,11H,1-2H3;3-7,12H,1-2H3;(H,6,7);/q;;;;+1/p-1. The average Bonchev–Trinajstić information content (AvgIpc) is 3.03. The Kier molecular flexibility index (Phi) is 24.5. The number of carbonyl (C=O) groups excluding carboxylic acids is 3. The molecule has 0 unspecified atom stereocenters. The molecule has 0 saturated heterocycles. The molecule has 12 nitrogen and oxygen atoms in total. The number of halogens is 7. The number of alkyl halides is 7. The van der Waals surface area contributed by atoms with Gasteiger partial charge in [-0.05, 0) is 108 Å². The first-order valence-corrected chi connectivity index (χ1v) is 15.3. The topological polar surface area (TPSA) is 178 Å². The molecule has 3 aromatic carbocycles. The fraction of sp³-hybridized carbons (Fsp3) is 0.353. The predicted molar refractivity (Wildman–Crippen MR) is 175 cm³/mol. The summed E-state index contributed by atoms with van der Waals surface area (Å²) in [6, 6.07) is 12.0. The van der Waals surface area contributed by atoms with Crippen LogP contribution in [0, 0.1) is 0 Å². The van der Waals surface area contributed by atoms with Crippen molar-refractivity contribution in [2.75, 3.05) is 0 Å². The van der Waals surface area contributed by atoms with Crippen molar-refractivity contribution in [2.24, 2.45) is 0 Å². The molecule has 0 saturated carbocycles. The van der Waals surface area contributed by atoms with Crippen LogP contribution in [0.3, 0.4) is 0 Å². The minimum absolute atomic E-state index is 0. The molecule has 20 heteroatoms. The van der Waals surface area contributed by atoms with Gasteiger partial charge in [-0.25, -0.2) is 4.79 Å². The van der Waals surface area contributed by atoms with Crippen LogP contribution in [-0.4, -0.2) is 71.6 Å². The largest absolute Gasteiger partial charge is 1.00 e. The third-order valence-electron chi connectivity index (χ3n) is 5.17. The Bertz CT molecular complexity index is 1620. The number of carboxylic acids is 2. The van der Waals surface area contributed by atoms with Crippen LogP contribution in [0.15, 0.2) is 54.6 Å². The van der Waals surface area contributed by atoms with E-state index in [0.717, 1.165) is 12.1 Å². The number of carboxylic acid groups (broad SMARTS) is 2. The van der Waals surface area contributed by atoms with Crippen LogP contribution in [0.4, 0.5) is 26.3 Å². The van der Waals surface area contributed by atoms with Crippen LogP contribution in [0.5, 0.6) is 34.5 Å². The molecule has 54 heavy (non-hydrogen) atoms. The van der Waals surface area contributed by atoms with Crippen molar-refractivity contribution >= 4 is 36.1 Å². The monoisotopic (exact) mass is 808 g/mol. The fourth-order valence-corrected chi connectivity index (χ4v) is 3.27. The Morgan fingerprint density at radius 2 is 1.02 bits per heavy atom. The van der Waals surface area contributed by atoms with E-state index in [0.29, 0.717) is 29.4 Å². The molecule has 0 radical (unpaired) electrons. The van der Waals surface area contributed by atoms with Gasteiger partial charge in [0.1, 0.15) is 18.5 Å². The summed E-state index contributed by atoms with van der Waals surface area (Å²) in [5, 5.41) is 22.9. The number of aromatic carboxylic acids is 1. The number of rotatable bonds is 14. The number of aliphatic carboxylic acids is 1. The molecule has 3 rings (SSSR count). The predicted octanol–water partition coefficient (Wildman–Crippen LogP) is 4.22. The Balaban J connectivity index is 0. The molecule has 0 bridgehead atoms. The van der Waals surface area contributed by atoms with Crippen LogP contribution in [0.1, 0.15) is 72.6 Å². The summed E-state index contributed by atoms with van der Waals surface area (Å²) in [7, 11) is 0. The molecule has 0 spiro atoms. The van der Waals surface area contributed by atoms with Crippen molar-refractivity contribution < 1.29 is 114 Å². The van der Waals surface area contributed by atoms with E-state index >= 15 is 0 Å². The van der Waals surface area contributed by atoms with E-state index in [-0.39, 0.29) is 82.2 Å². The Hall–Kier alpha value is -4.39. The van der Waals surface area contributed by atoms with Crippen molar-refractivity contribution in [3.05, 3.63) is 71.3 Å². The first-order chi connectivity index (χ1) is 24.5.